The zero-order chi connectivity index (χ0) is 20.5. The number of nitrogens with zero attached hydrogens (tertiary/aromatic N) is 3. The molecule has 154 valence electrons. The van der Waals surface area contributed by atoms with E-state index in [4.69, 9.17) is 9.47 Å². The Morgan fingerprint density at radius 2 is 1.89 bits per heavy atom. The number of alkyl halides is 2. The summed E-state index contributed by atoms with van der Waals surface area (Å²) < 4.78 is 38.2. The van der Waals surface area contributed by atoms with Crippen molar-refractivity contribution in [1.29, 1.82) is 0 Å². The average Bonchev–Trinajstić information content (AvgIpc) is 3.01. The van der Waals surface area contributed by atoms with E-state index >= 15 is 0 Å². The molecule has 6 nitrogen and oxygen atoms in total. The van der Waals surface area contributed by atoms with Crippen LogP contribution in [0.15, 0.2) is 24.5 Å². The second-order valence-corrected chi connectivity index (χ2v) is 8.40. The van der Waals surface area contributed by atoms with Gasteiger partial charge in [-0.2, -0.15) is 5.10 Å². The molecule has 1 saturated heterocycles. The van der Waals surface area contributed by atoms with Crippen molar-refractivity contribution in [1.82, 2.24) is 14.5 Å². The summed E-state index contributed by atoms with van der Waals surface area (Å²) in [6.07, 6.45) is 4.78. The molecule has 0 spiro atoms. The van der Waals surface area contributed by atoms with E-state index in [1.807, 2.05) is 26.8 Å². The summed E-state index contributed by atoms with van der Waals surface area (Å²) >= 11 is 0. The van der Waals surface area contributed by atoms with Crippen LogP contribution in [0.1, 0.15) is 52.0 Å². The molecule has 1 fully saturated rings. The lowest BCUT2D eigenvalue weighted by Crippen LogP contribution is -2.41. The lowest BCUT2D eigenvalue weighted by Gasteiger charge is -2.33. The maximum atomic E-state index is 13.0. The van der Waals surface area contributed by atoms with Crippen LogP contribution >= 0.6 is 0 Å². The van der Waals surface area contributed by atoms with Gasteiger partial charge in [-0.25, -0.2) is 18.1 Å². The van der Waals surface area contributed by atoms with Gasteiger partial charge in [0, 0.05) is 25.6 Å². The minimum atomic E-state index is -2.88. The van der Waals surface area contributed by atoms with Crippen molar-refractivity contribution in [3.05, 3.63) is 30.1 Å². The maximum absolute atomic E-state index is 13.0. The Hall–Kier alpha value is -2.38. The first-order valence-corrected chi connectivity index (χ1v) is 9.48. The Morgan fingerprint density at radius 3 is 2.50 bits per heavy atom. The van der Waals surface area contributed by atoms with Gasteiger partial charge in [0.15, 0.2) is 6.61 Å². The number of piperidine rings is 1. The molecule has 2 aromatic rings. The Bertz CT molecular complexity index is 831. The van der Waals surface area contributed by atoms with Gasteiger partial charge in [-0.15, -0.1) is 0 Å². The van der Waals surface area contributed by atoms with Crippen molar-refractivity contribution in [2.24, 2.45) is 0 Å². The number of likely N-dealkylation sites (tertiary alicyclic amines) is 1. The summed E-state index contributed by atoms with van der Waals surface area (Å²) in [7, 11) is 0. The van der Waals surface area contributed by atoms with E-state index in [9.17, 15) is 13.6 Å². The fraction of sp³-hybridized carbons (Fsp3) is 0.600. The van der Waals surface area contributed by atoms with Gasteiger partial charge in [-0.1, -0.05) is 0 Å². The van der Waals surface area contributed by atoms with Crippen LogP contribution in [-0.4, -0.2) is 51.8 Å². The van der Waals surface area contributed by atoms with Crippen LogP contribution in [0.2, 0.25) is 0 Å². The van der Waals surface area contributed by atoms with Crippen LogP contribution in [0.25, 0.3) is 5.52 Å². The first-order valence-electron chi connectivity index (χ1n) is 9.48. The van der Waals surface area contributed by atoms with E-state index in [0.717, 1.165) is 30.8 Å². The van der Waals surface area contributed by atoms with E-state index in [1.165, 1.54) is 0 Å². The van der Waals surface area contributed by atoms with Crippen molar-refractivity contribution < 1.29 is 23.0 Å². The summed E-state index contributed by atoms with van der Waals surface area (Å²) in [4.78, 5) is 13.9. The van der Waals surface area contributed by atoms with Crippen molar-refractivity contribution in [3.63, 3.8) is 0 Å². The topological polar surface area (TPSA) is 56.1 Å². The fourth-order valence-electron chi connectivity index (χ4n) is 3.29. The number of carbonyl (C=O) groups is 1. The third-order valence-corrected chi connectivity index (χ3v) is 4.60. The Balaban J connectivity index is 1.64. The summed E-state index contributed by atoms with van der Waals surface area (Å²) in [6, 6.07) is 3.52. The molecule has 1 amide bonds. The number of rotatable bonds is 4. The lowest BCUT2D eigenvalue weighted by molar-refractivity contribution is -0.0231. The van der Waals surface area contributed by atoms with Crippen LogP contribution in [0, 0.1) is 0 Å². The minimum absolute atomic E-state index is 0.277. The first kappa shape index (κ1) is 20.4. The molecule has 0 aromatic carbocycles. The molecule has 0 unspecified atom stereocenters. The van der Waals surface area contributed by atoms with Crippen LogP contribution in [0.5, 0.6) is 5.75 Å². The molecule has 0 saturated carbocycles. The molecule has 3 heterocycles. The summed E-state index contributed by atoms with van der Waals surface area (Å²) in [5.41, 5.74) is 1.51. The van der Waals surface area contributed by atoms with Gasteiger partial charge in [0.25, 0.3) is 5.92 Å². The van der Waals surface area contributed by atoms with Gasteiger partial charge < -0.3 is 14.4 Å². The van der Waals surface area contributed by atoms with Crippen LogP contribution < -0.4 is 4.74 Å². The number of pyridine rings is 1. The summed E-state index contributed by atoms with van der Waals surface area (Å²) in [5, 5.41) is 4.35. The Labute approximate surface area is 163 Å². The molecule has 2 aromatic heterocycles. The molecule has 0 aliphatic carbocycles. The maximum Gasteiger partial charge on any atom is 0.410 e. The number of halogens is 2. The Kier molecular flexibility index (Phi) is 5.50. The normalized spacial score (nSPS) is 16.4. The highest BCUT2D eigenvalue weighted by Gasteiger charge is 2.29. The zero-order valence-electron chi connectivity index (χ0n) is 16.7. The second kappa shape index (κ2) is 7.56. The van der Waals surface area contributed by atoms with Crippen LogP contribution in [0.3, 0.4) is 0 Å². The third kappa shape index (κ3) is 5.11. The SMILES string of the molecule is CC(F)(F)COc1ccc2c(C3CCN(C(=O)OC(C)(C)C)CC3)cnn2c1. The van der Waals surface area contributed by atoms with Crippen LogP contribution in [0.4, 0.5) is 13.6 Å². The van der Waals surface area contributed by atoms with E-state index in [1.54, 1.807) is 27.9 Å². The van der Waals surface area contributed by atoms with Gasteiger partial charge in [0.2, 0.25) is 0 Å². The molecular weight excluding hydrogens is 368 g/mol. The van der Waals surface area contributed by atoms with E-state index in [0.29, 0.717) is 18.8 Å². The van der Waals surface area contributed by atoms with Gasteiger partial charge >= 0.3 is 6.09 Å². The highest BCUT2D eigenvalue weighted by atomic mass is 19.3. The monoisotopic (exact) mass is 395 g/mol. The Morgan fingerprint density at radius 1 is 1.21 bits per heavy atom. The molecule has 0 radical (unpaired) electrons. The molecule has 3 rings (SSSR count). The predicted octanol–water partition coefficient (Wildman–Crippen LogP) is 4.48. The molecule has 0 atom stereocenters. The smallest absolute Gasteiger partial charge is 0.410 e. The minimum Gasteiger partial charge on any atom is -0.486 e. The number of aromatic nitrogens is 2. The number of hydrogen-bond donors (Lipinski definition) is 0. The van der Waals surface area contributed by atoms with Gasteiger partial charge in [0.05, 0.1) is 17.9 Å². The number of amides is 1. The van der Waals surface area contributed by atoms with E-state index in [-0.39, 0.29) is 12.0 Å². The molecule has 1 aliphatic rings. The summed E-state index contributed by atoms with van der Waals surface area (Å²) in [5.74, 6) is -2.25. The molecule has 28 heavy (non-hydrogen) atoms. The fourth-order valence-corrected chi connectivity index (χ4v) is 3.29. The van der Waals surface area contributed by atoms with E-state index in [2.05, 4.69) is 5.10 Å². The quantitative estimate of drug-likeness (QED) is 0.766. The highest BCUT2D eigenvalue weighted by molar-refractivity contribution is 5.68. The lowest BCUT2D eigenvalue weighted by atomic mass is 9.90. The van der Waals surface area contributed by atoms with Crippen molar-refractivity contribution in [3.8, 4) is 5.75 Å². The number of fused-ring (bicyclic) bond motifs is 1. The standard InChI is InChI=1S/C20H27F2N3O3/c1-19(2,3)28-18(26)24-9-7-14(8-10-24)16-11-23-25-12-15(5-6-17(16)25)27-13-20(4,21)22/h5-6,11-12,14H,7-10,13H2,1-4H3. The molecule has 8 heteroatoms. The number of ether oxygens (including phenoxy) is 2. The molecule has 0 bridgehead atoms. The largest absolute Gasteiger partial charge is 0.486 e. The summed E-state index contributed by atoms with van der Waals surface area (Å²) in [6.45, 7) is 6.98. The average molecular weight is 395 g/mol. The number of carbonyl (C=O) groups excluding carboxylic acids is 1. The van der Waals surface area contributed by atoms with Gasteiger partial charge in [-0.3, -0.25) is 0 Å². The molecule has 0 N–H and O–H groups in total. The molecule has 1 aliphatic heterocycles. The van der Waals surface area contributed by atoms with Crippen molar-refractivity contribution >= 4 is 11.6 Å². The molecular formula is C20H27F2N3O3. The number of hydrogen-bond acceptors (Lipinski definition) is 4. The first-order chi connectivity index (χ1) is 13.0. The van der Waals surface area contributed by atoms with E-state index < -0.39 is 18.1 Å². The zero-order valence-corrected chi connectivity index (χ0v) is 16.7. The van der Waals surface area contributed by atoms with Gasteiger partial charge in [0.1, 0.15) is 11.4 Å². The van der Waals surface area contributed by atoms with Gasteiger partial charge in [-0.05, 0) is 51.7 Å². The van der Waals surface area contributed by atoms with Crippen molar-refractivity contribution in [2.75, 3.05) is 19.7 Å². The third-order valence-electron chi connectivity index (χ3n) is 4.60. The predicted molar refractivity (Wildman–Crippen MR) is 101 cm³/mol. The van der Waals surface area contributed by atoms with Crippen LogP contribution in [-0.2, 0) is 4.74 Å². The van der Waals surface area contributed by atoms with Crippen molar-refractivity contribution in [2.45, 2.75) is 58.0 Å². The highest BCUT2D eigenvalue weighted by Crippen LogP contribution is 2.32. The second-order valence-electron chi connectivity index (χ2n) is 8.40.